The average Bonchev–Trinajstić information content (AvgIpc) is 3.11. The Morgan fingerprint density at radius 1 is 1.12 bits per heavy atom. The van der Waals surface area contributed by atoms with Crippen molar-refractivity contribution in [3.63, 3.8) is 0 Å². The highest BCUT2D eigenvalue weighted by atomic mass is 32.2. The summed E-state index contributed by atoms with van der Waals surface area (Å²) in [6.45, 7) is 2.47. The summed E-state index contributed by atoms with van der Waals surface area (Å²) in [5, 5.41) is 7.46. The van der Waals surface area contributed by atoms with Gasteiger partial charge in [0.2, 0.25) is 11.1 Å². The second kappa shape index (κ2) is 7.98. The van der Waals surface area contributed by atoms with Crippen LogP contribution in [0.4, 0.5) is 0 Å². The molecule has 1 unspecified atom stereocenters. The number of aromatic amines is 1. The van der Waals surface area contributed by atoms with Gasteiger partial charge in [0.25, 0.3) is 0 Å². The molecule has 1 aromatic heterocycles. The first kappa shape index (κ1) is 17.2. The molecule has 3 rings (SSSR count). The fourth-order valence-corrected chi connectivity index (χ4v) is 3.32. The van der Waals surface area contributed by atoms with Gasteiger partial charge >= 0.3 is 0 Å². The maximum atomic E-state index is 12.6. The van der Waals surface area contributed by atoms with Crippen LogP contribution in [0.15, 0.2) is 65.8 Å². The van der Waals surface area contributed by atoms with E-state index in [0.29, 0.717) is 17.5 Å². The third-order valence-corrected chi connectivity index (χ3v) is 4.73. The summed E-state index contributed by atoms with van der Waals surface area (Å²) < 4.78 is 0. The number of nitrogens with zero attached hydrogens (tertiary/aromatic N) is 3. The zero-order valence-corrected chi connectivity index (χ0v) is 15.0. The van der Waals surface area contributed by atoms with Crippen LogP contribution < -0.4 is 0 Å². The predicted molar refractivity (Wildman–Crippen MR) is 100 cm³/mol. The number of carbonyl (C=O) groups is 1. The molecule has 1 heterocycles. The quantitative estimate of drug-likeness (QED) is 0.689. The summed E-state index contributed by atoms with van der Waals surface area (Å²) in [6, 6.07) is 19.8. The summed E-state index contributed by atoms with van der Waals surface area (Å²) in [4.78, 5) is 18.8. The third kappa shape index (κ3) is 4.48. The average molecular weight is 352 g/mol. The van der Waals surface area contributed by atoms with Crippen LogP contribution in [0, 0.1) is 0 Å². The van der Waals surface area contributed by atoms with E-state index in [9.17, 15) is 4.79 Å². The zero-order valence-electron chi connectivity index (χ0n) is 14.2. The number of amides is 1. The number of hydrogen-bond acceptors (Lipinski definition) is 4. The standard InChI is InChI=1S/C19H20N4OS/c1-14(18(24)23(2)13-15-9-5-3-6-10-15)25-19-20-17(21-22-19)16-11-7-4-8-12-16/h3-12,14H,13H2,1-2H3,(H,20,21,22). The van der Waals surface area contributed by atoms with Gasteiger partial charge < -0.3 is 4.90 Å². The van der Waals surface area contributed by atoms with E-state index in [1.54, 1.807) is 4.90 Å². The van der Waals surface area contributed by atoms with Crippen molar-refractivity contribution in [2.75, 3.05) is 7.05 Å². The lowest BCUT2D eigenvalue weighted by Gasteiger charge is -2.20. The Bertz CT molecular complexity index is 820. The largest absolute Gasteiger partial charge is 0.340 e. The van der Waals surface area contributed by atoms with Gasteiger partial charge in [-0.25, -0.2) is 4.98 Å². The number of nitrogens with one attached hydrogen (secondary N) is 1. The number of thioether (sulfide) groups is 1. The summed E-state index contributed by atoms with van der Waals surface area (Å²) in [5.74, 6) is 0.764. The highest BCUT2D eigenvalue weighted by Gasteiger charge is 2.21. The molecule has 6 heteroatoms. The molecule has 0 aliphatic rings. The number of H-pyrrole nitrogens is 1. The first-order chi connectivity index (χ1) is 12.1. The van der Waals surface area contributed by atoms with Crippen LogP contribution in [0.2, 0.25) is 0 Å². The minimum atomic E-state index is -0.256. The summed E-state index contributed by atoms with van der Waals surface area (Å²) >= 11 is 1.36. The highest BCUT2D eigenvalue weighted by Crippen LogP contribution is 2.23. The molecule has 0 bridgehead atoms. The SMILES string of the molecule is CC(Sc1n[nH]c(-c2ccccc2)n1)C(=O)N(C)Cc1ccccc1. The van der Waals surface area contributed by atoms with Crippen molar-refractivity contribution in [2.24, 2.45) is 0 Å². The van der Waals surface area contributed by atoms with Crippen LogP contribution in [-0.2, 0) is 11.3 Å². The Morgan fingerprint density at radius 3 is 2.44 bits per heavy atom. The lowest BCUT2D eigenvalue weighted by atomic mass is 10.2. The van der Waals surface area contributed by atoms with E-state index in [1.807, 2.05) is 74.6 Å². The summed E-state index contributed by atoms with van der Waals surface area (Å²) in [5.41, 5.74) is 2.09. The van der Waals surface area contributed by atoms with Gasteiger partial charge in [0, 0.05) is 19.2 Å². The van der Waals surface area contributed by atoms with Crippen molar-refractivity contribution in [1.29, 1.82) is 0 Å². The van der Waals surface area contributed by atoms with Crippen molar-refractivity contribution in [2.45, 2.75) is 23.9 Å². The lowest BCUT2D eigenvalue weighted by Crippen LogP contribution is -2.32. The second-order valence-electron chi connectivity index (χ2n) is 5.77. The highest BCUT2D eigenvalue weighted by molar-refractivity contribution is 8.00. The first-order valence-electron chi connectivity index (χ1n) is 8.07. The molecule has 1 atom stereocenters. The summed E-state index contributed by atoms with van der Waals surface area (Å²) in [6.07, 6.45) is 0. The zero-order chi connectivity index (χ0) is 17.6. The maximum absolute atomic E-state index is 12.6. The second-order valence-corrected chi connectivity index (χ2v) is 7.08. The molecule has 0 fully saturated rings. The van der Waals surface area contributed by atoms with E-state index in [2.05, 4.69) is 15.2 Å². The van der Waals surface area contributed by atoms with Gasteiger partial charge in [-0.3, -0.25) is 9.89 Å². The van der Waals surface area contributed by atoms with Gasteiger partial charge in [-0.2, -0.15) is 0 Å². The van der Waals surface area contributed by atoms with Crippen molar-refractivity contribution < 1.29 is 4.79 Å². The van der Waals surface area contributed by atoms with Crippen molar-refractivity contribution in [1.82, 2.24) is 20.1 Å². The van der Waals surface area contributed by atoms with E-state index in [-0.39, 0.29) is 11.2 Å². The Balaban J connectivity index is 1.61. The van der Waals surface area contributed by atoms with Crippen molar-refractivity contribution in [3.8, 4) is 11.4 Å². The smallest absolute Gasteiger partial charge is 0.235 e. The minimum Gasteiger partial charge on any atom is -0.340 e. The molecule has 0 saturated carbocycles. The Morgan fingerprint density at radius 2 is 1.76 bits per heavy atom. The number of carbonyl (C=O) groups excluding carboxylic acids is 1. The predicted octanol–water partition coefficient (Wildman–Crippen LogP) is 3.61. The molecule has 3 aromatic rings. The van der Waals surface area contributed by atoms with Gasteiger partial charge in [0.15, 0.2) is 5.82 Å². The molecule has 2 aromatic carbocycles. The number of benzene rings is 2. The third-order valence-electron chi connectivity index (χ3n) is 3.78. The molecule has 0 aliphatic carbocycles. The number of hydrogen-bond donors (Lipinski definition) is 1. The molecule has 0 spiro atoms. The molecule has 0 saturated heterocycles. The minimum absolute atomic E-state index is 0.0555. The van der Waals surface area contributed by atoms with Gasteiger partial charge in [-0.1, -0.05) is 72.4 Å². The van der Waals surface area contributed by atoms with E-state index in [1.165, 1.54) is 11.8 Å². The molecule has 1 amide bonds. The molecule has 25 heavy (non-hydrogen) atoms. The van der Waals surface area contributed by atoms with Crippen molar-refractivity contribution >= 4 is 17.7 Å². The van der Waals surface area contributed by atoms with Crippen LogP contribution in [0.5, 0.6) is 0 Å². The van der Waals surface area contributed by atoms with Crippen LogP contribution >= 0.6 is 11.8 Å². The molecule has 128 valence electrons. The Labute approximate surface area is 151 Å². The van der Waals surface area contributed by atoms with Crippen LogP contribution in [0.1, 0.15) is 12.5 Å². The fourth-order valence-electron chi connectivity index (χ4n) is 2.48. The monoisotopic (exact) mass is 352 g/mol. The van der Waals surface area contributed by atoms with Gasteiger partial charge in [0.1, 0.15) is 0 Å². The van der Waals surface area contributed by atoms with Gasteiger partial charge in [-0.05, 0) is 12.5 Å². The molecule has 1 N–H and O–H groups in total. The molecule has 0 radical (unpaired) electrons. The molecular formula is C19H20N4OS. The van der Waals surface area contributed by atoms with Crippen molar-refractivity contribution in [3.05, 3.63) is 66.2 Å². The lowest BCUT2D eigenvalue weighted by molar-refractivity contribution is -0.129. The topological polar surface area (TPSA) is 61.9 Å². The van der Waals surface area contributed by atoms with E-state index in [4.69, 9.17) is 0 Å². The first-order valence-corrected chi connectivity index (χ1v) is 8.95. The number of aromatic nitrogens is 3. The van der Waals surface area contributed by atoms with Gasteiger partial charge in [0.05, 0.1) is 5.25 Å². The normalized spacial score (nSPS) is 11.9. The Kier molecular flexibility index (Phi) is 5.50. The van der Waals surface area contributed by atoms with E-state index >= 15 is 0 Å². The van der Waals surface area contributed by atoms with E-state index in [0.717, 1.165) is 11.1 Å². The summed E-state index contributed by atoms with van der Waals surface area (Å²) in [7, 11) is 1.82. The van der Waals surface area contributed by atoms with Crippen LogP contribution in [-0.4, -0.2) is 38.3 Å². The molecule has 0 aliphatic heterocycles. The van der Waals surface area contributed by atoms with Gasteiger partial charge in [-0.15, -0.1) is 5.10 Å². The van der Waals surface area contributed by atoms with Crippen LogP contribution in [0.3, 0.4) is 0 Å². The molecule has 5 nitrogen and oxygen atoms in total. The van der Waals surface area contributed by atoms with Crippen LogP contribution in [0.25, 0.3) is 11.4 Å². The number of rotatable bonds is 6. The molecular weight excluding hydrogens is 332 g/mol. The van der Waals surface area contributed by atoms with E-state index < -0.39 is 0 Å². The fraction of sp³-hybridized carbons (Fsp3) is 0.211. The maximum Gasteiger partial charge on any atom is 0.235 e. The Hall–Kier alpha value is -2.60.